The Hall–Kier alpha value is -4.45. The first-order valence-corrected chi connectivity index (χ1v) is 27.3. The summed E-state index contributed by atoms with van der Waals surface area (Å²) in [4.78, 5) is 38.0. The molecule has 0 aliphatic heterocycles. The summed E-state index contributed by atoms with van der Waals surface area (Å²) < 4.78 is 16.7. The average molecular weight is 939 g/mol. The van der Waals surface area contributed by atoms with Gasteiger partial charge >= 0.3 is 17.9 Å². The first-order valence-electron chi connectivity index (χ1n) is 27.3. The van der Waals surface area contributed by atoms with E-state index in [-0.39, 0.29) is 37.5 Å². The van der Waals surface area contributed by atoms with Gasteiger partial charge in [-0.1, -0.05) is 231 Å². The highest BCUT2D eigenvalue weighted by Gasteiger charge is 2.19. The number of unbranched alkanes of at least 4 members (excludes halogenated alkanes) is 18. The first-order chi connectivity index (χ1) is 33.5. The molecule has 0 aromatic rings. The molecule has 0 aromatic carbocycles. The van der Waals surface area contributed by atoms with Gasteiger partial charge in [-0.05, 0) is 103 Å². The van der Waals surface area contributed by atoms with Crippen LogP contribution in [0.4, 0.5) is 0 Å². The highest BCUT2D eigenvalue weighted by Crippen LogP contribution is 2.13. The number of ether oxygens (including phenoxy) is 3. The van der Waals surface area contributed by atoms with E-state index in [9.17, 15) is 14.4 Å². The van der Waals surface area contributed by atoms with Crippen LogP contribution in [0, 0.1) is 0 Å². The molecule has 0 N–H and O–H groups in total. The summed E-state index contributed by atoms with van der Waals surface area (Å²) in [5.74, 6) is -1.05. The third-order valence-electron chi connectivity index (χ3n) is 11.0. The maximum atomic E-state index is 12.8. The lowest BCUT2D eigenvalue weighted by Gasteiger charge is -2.18. The maximum Gasteiger partial charge on any atom is 0.306 e. The molecule has 0 aliphatic rings. The van der Waals surface area contributed by atoms with Crippen LogP contribution >= 0.6 is 0 Å². The zero-order valence-corrected chi connectivity index (χ0v) is 43.6. The first kappa shape index (κ1) is 63.6. The standard InChI is InChI=1S/C62H98O6/c1-4-7-10-13-16-19-22-25-27-29-31-33-34-37-40-43-46-49-52-55-61(64)67-58-59(57-66-60(63)54-51-48-45-42-39-36-24-21-18-15-12-9-6-3)68-62(65)56-53-50-47-44-41-38-35-32-30-28-26-23-20-17-14-11-8-5-2/h7,9-10,12,15-16,18-19,21,24-25,27,31-33,35-37,39-40,42,45,59H,4-6,8,11,13-14,17,20,22-23,26,28-30,34,38,41,43-44,46-58H2,1-3H3/b10-7-,12-9-,18-15-,19-16-,24-21-,27-25-,33-31-,35-32-,39-36-,40-37-,45-42-. The molecule has 0 spiro atoms. The maximum absolute atomic E-state index is 12.8. The number of hydrogen-bond acceptors (Lipinski definition) is 6. The monoisotopic (exact) mass is 939 g/mol. The predicted molar refractivity (Wildman–Crippen MR) is 292 cm³/mol. The summed E-state index contributed by atoms with van der Waals surface area (Å²) in [7, 11) is 0. The molecular formula is C62H98O6. The van der Waals surface area contributed by atoms with Crippen molar-refractivity contribution in [3.8, 4) is 0 Å². The summed E-state index contributed by atoms with van der Waals surface area (Å²) in [5.41, 5.74) is 0. The Morgan fingerprint density at radius 2 is 0.662 bits per heavy atom. The zero-order valence-electron chi connectivity index (χ0n) is 43.6. The Morgan fingerprint density at radius 3 is 1.15 bits per heavy atom. The largest absolute Gasteiger partial charge is 0.462 e. The van der Waals surface area contributed by atoms with E-state index >= 15 is 0 Å². The van der Waals surface area contributed by atoms with E-state index in [0.29, 0.717) is 19.3 Å². The minimum atomic E-state index is -0.830. The summed E-state index contributed by atoms with van der Waals surface area (Å²) in [6.45, 7) is 6.27. The van der Waals surface area contributed by atoms with Crippen LogP contribution in [0.5, 0.6) is 0 Å². The summed E-state index contributed by atoms with van der Waals surface area (Å²) >= 11 is 0. The quantitative estimate of drug-likeness (QED) is 0.0199. The number of carbonyl (C=O) groups is 3. The number of carbonyl (C=O) groups excluding carboxylic acids is 3. The zero-order chi connectivity index (χ0) is 49.3. The van der Waals surface area contributed by atoms with Crippen molar-refractivity contribution in [2.75, 3.05) is 13.2 Å². The van der Waals surface area contributed by atoms with Gasteiger partial charge in [0.1, 0.15) is 13.2 Å². The molecule has 1 atom stereocenters. The second-order valence-corrected chi connectivity index (χ2v) is 17.5. The van der Waals surface area contributed by atoms with Crippen molar-refractivity contribution in [1.29, 1.82) is 0 Å². The van der Waals surface area contributed by atoms with Gasteiger partial charge in [-0.2, -0.15) is 0 Å². The van der Waals surface area contributed by atoms with E-state index in [0.717, 1.165) is 103 Å². The normalized spacial score (nSPS) is 13.2. The second kappa shape index (κ2) is 55.1. The van der Waals surface area contributed by atoms with Crippen LogP contribution in [-0.2, 0) is 28.6 Å². The lowest BCUT2D eigenvalue weighted by Crippen LogP contribution is -2.30. The third kappa shape index (κ3) is 52.5. The summed E-state index contributed by atoms with van der Waals surface area (Å²) in [5, 5.41) is 0. The summed E-state index contributed by atoms with van der Waals surface area (Å²) in [6.07, 6.45) is 77.3. The topological polar surface area (TPSA) is 78.9 Å². The smallest absolute Gasteiger partial charge is 0.306 e. The van der Waals surface area contributed by atoms with Gasteiger partial charge in [-0.15, -0.1) is 0 Å². The van der Waals surface area contributed by atoms with Gasteiger partial charge in [0.25, 0.3) is 0 Å². The fourth-order valence-corrected chi connectivity index (χ4v) is 6.96. The van der Waals surface area contributed by atoms with Gasteiger partial charge < -0.3 is 14.2 Å². The molecule has 0 bridgehead atoms. The Bertz CT molecular complexity index is 1500. The van der Waals surface area contributed by atoms with Gasteiger partial charge in [0.15, 0.2) is 6.10 Å². The number of hydrogen-bond donors (Lipinski definition) is 0. The van der Waals surface area contributed by atoms with Crippen molar-refractivity contribution >= 4 is 17.9 Å². The van der Waals surface area contributed by atoms with Gasteiger partial charge in [0.2, 0.25) is 0 Å². The van der Waals surface area contributed by atoms with Gasteiger partial charge in [-0.25, -0.2) is 0 Å². The van der Waals surface area contributed by atoms with Crippen molar-refractivity contribution < 1.29 is 28.6 Å². The molecule has 0 saturated heterocycles. The molecule has 0 amide bonds. The van der Waals surface area contributed by atoms with E-state index in [1.165, 1.54) is 70.6 Å². The molecule has 0 fully saturated rings. The van der Waals surface area contributed by atoms with E-state index in [1.54, 1.807) is 0 Å². The van der Waals surface area contributed by atoms with Crippen molar-refractivity contribution in [2.24, 2.45) is 0 Å². The summed E-state index contributed by atoms with van der Waals surface area (Å²) in [6, 6.07) is 0. The van der Waals surface area contributed by atoms with Crippen LogP contribution in [0.3, 0.4) is 0 Å². The highest BCUT2D eigenvalue weighted by atomic mass is 16.6. The molecule has 6 nitrogen and oxygen atoms in total. The van der Waals surface area contributed by atoms with Crippen LogP contribution in [-0.4, -0.2) is 37.2 Å². The van der Waals surface area contributed by atoms with Crippen LogP contribution in [0.1, 0.15) is 220 Å². The molecule has 1 unspecified atom stereocenters. The Labute approximate surface area is 417 Å². The Morgan fingerprint density at radius 1 is 0.324 bits per heavy atom. The van der Waals surface area contributed by atoms with Crippen molar-refractivity contribution in [1.82, 2.24) is 0 Å². The molecule has 0 heterocycles. The fraction of sp³-hybridized carbons (Fsp3) is 0.597. The average Bonchev–Trinajstić information content (AvgIpc) is 3.34. The number of allylic oxidation sites excluding steroid dienone is 22. The van der Waals surface area contributed by atoms with Gasteiger partial charge in [-0.3, -0.25) is 14.4 Å². The SMILES string of the molecule is CC\C=C/C=C\C=C/C=C\C=C/CCCC(=O)OCC(COC(=O)CCCCC/C=C\C/C=C\C/C=C\C/C=C\C/C=C\CC)OC(=O)CCCCCCC/C=C\CCCCCCCCCCC. The van der Waals surface area contributed by atoms with Crippen molar-refractivity contribution in [3.63, 3.8) is 0 Å². The minimum Gasteiger partial charge on any atom is -0.462 e. The number of esters is 3. The lowest BCUT2D eigenvalue weighted by atomic mass is 10.1. The van der Waals surface area contributed by atoms with Crippen LogP contribution in [0.15, 0.2) is 134 Å². The number of rotatable bonds is 47. The lowest BCUT2D eigenvalue weighted by molar-refractivity contribution is -0.167. The molecular weight excluding hydrogens is 841 g/mol. The molecule has 0 aliphatic carbocycles. The van der Waals surface area contributed by atoms with Crippen molar-refractivity contribution in [2.45, 2.75) is 226 Å². The van der Waals surface area contributed by atoms with Gasteiger partial charge in [0.05, 0.1) is 0 Å². The molecule has 0 radical (unpaired) electrons. The van der Waals surface area contributed by atoms with Crippen LogP contribution < -0.4 is 0 Å². The Kier molecular flexibility index (Phi) is 51.5. The third-order valence-corrected chi connectivity index (χ3v) is 11.0. The molecule has 6 heteroatoms. The van der Waals surface area contributed by atoms with E-state index in [1.807, 2.05) is 54.7 Å². The molecule has 382 valence electrons. The van der Waals surface area contributed by atoms with Gasteiger partial charge in [0, 0.05) is 19.3 Å². The van der Waals surface area contributed by atoms with Crippen molar-refractivity contribution in [3.05, 3.63) is 134 Å². The highest BCUT2D eigenvalue weighted by molar-refractivity contribution is 5.71. The van der Waals surface area contributed by atoms with E-state index in [4.69, 9.17) is 14.2 Å². The second-order valence-electron chi connectivity index (χ2n) is 17.5. The Balaban J connectivity index is 4.55. The van der Waals surface area contributed by atoms with E-state index in [2.05, 4.69) is 99.8 Å². The molecule has 68 heavy (non-hydrogen) atoms. The molecule has 0 rings (SSSR count). The van der Waals surface area contributed by atoms with Crippen LogP contribution in [0.2, 0.25) is 0 Å². The van der Waals surface area contributed by atoms with E-state index < -0.39 is 6.10 Å². The molecule has 0 saturated carbocycles. The minimum absolute atomic E-state index is 0.126. The predicted octanol–water partition coefficient (Wildman–Crippen LogP) is 18.3. The van der Waals surface area contributed by atoms with Crippen LogP contribution in [0.25, 0.3) is 0 Å². The fourth-order valence-electron chi connectivity index (χ4n) is 6.96. The molecule has 0 aromatic heterocycles.